The number of rotatable bonds is 4. The van der Waals surface area contributed by atoms with Gasteiger partial charge in [-0.3, -0.25) is 9.48 Å². The zero-order valence-electron chi connectivity index (χ0n) is 12.2. The zero-order valence-corrected chi connectivity index (χ0v) is 12.2. The molecule has 0 spiro atoms. The van der Waals surface area contributed by atoms with Crippen LogP contribution in [0.2, 0.25) is 0 Å². The molecular weight excluding hydrogens is 264 g/mol. The average Bonchev–Trinajstić information content (AvgIpc) is 3.04. The minimum absolute atomic E-state index is 0.0462. The molecule has 1 aromatic carbocycles. The van der Waals surface area contributed by atoms with Gasteiger partial charge in [0.1, 0.15) is 6.54 Å². The summed E-state index contributed by atoms with van der Waals surface area (Å²) in [5, 5.41) is 8.19. The maximum atomic E-state index is 12.2. The van der Waals surface area contributed by atoms with Gasteiger partial charge in [0.05, 0.1) is 11.9 Å². The first-order valence-corrected chi connectivity index (χ1v) is 7.04. The highest BCUT2D eigenvalue weighted by Crippen LogP contribution is 2.19. The SMILES string of the molecule is CCn1cc(NC(=O)Cn2c(C)cc3ccccc32)cn1. The van der Waals surface area contributed by atoms with Crippen LogP contribution in [-0.2, 0) is 17.9 Å². The fraction of sp³-hybridized carbons (Fsp3) is 0.250. The highest BCUT2D eigenvalue weighted by molar-refractivity contribution is 5.92. The number of aryl methyl sites for hydroxylation is 2. The number of nitrogens with zero attached hydrogens (tertiary/aromatic N) is 3. The highest BCUT2D eigenvalue weighted by atomic mass is 16.1. The molecule has 0 saturated carbocycles. The Balaban J connectivity index is 1.78. The molecule has 1 amide bonds. The second-order valence-electron chi connectivity index (χ2n) is 5.06. The number of para-hydroxylation sites is 1. The molecule has 1 N–H and O–H groups in total. The van der Waals surface area contributed by atoms with Gasteiger partial charge >= 0.3 is 0 Å². The molecule has 0 bridgehead atoms. The van der Waals surface area contributed by atoms with Crippen molar-refractivity contribution in [2.24, 2.45) is 0 Å². The van der Waals surface area contributed by atoms with Crippen LogP contribution in [-0.4, -0.2) is 20.3 Å². The summed E-state index contributed by atoms with van der Waals surface area (Å²) in [7, 11) is 0. The molecule has 0 aliphatic carbocycles. The van der Waals surface area contributed by atoms with Gasteiger partial charge in [-0.1, -0.05) is 18.2 Å². The number of hydrogen-bond donors (Lipinski definition) is 1. The van der Waals surface area contributed by atoms with E-state index in [1.807, 2.05) is 42.8 Å². The fourth-order valence-corrected chi connectivity index (χ4v) is 2.50. The van der Waals surface area contributed by atoms with Crippen LogP contribution < -0.4 is 5.32 Å². The lowest BCUT2D eigenvalue weighted by molar-refractivity contribution is -0.116. The summed E-state index contributed by atoms with van der Waals surface area (Å²) in [5.74, 6) is -0.0462. The lowest BCUT2D eigenvalue weighted by Crippen LogP contribution is -2.19. The van der Waals surface area contributed by atoms with Gasteiger partial charge in [-0.15, -0.1) is 0 Å². The standard InChI is InChI=1S/C16H18N4O/c1-3-19-10-14(9-17-19)18-16(21)11-20-12(2)8-13-6-4-5-7-15(13)20/h4-10H,3,11H2,1-2H3,(H,18,21). The van der Waals surface area contributed by atoms with Gasteiger partial charge in [0.2, 0.25) is 5.91 Å². The highest BCUT2D eigenvalue weighted by Gasteiger charge is 2.10. The Bertz CT molecular complexity index is 785. The van der Waals surface area contributed by atoms with Gasteiger partial charge in [-0.2, -0.15) is 5.10 Å². The predicted molar refractivity (Wildman–Crippen MR) is 83.2 cm³/mol. The lowest BCUT2D eigenvalue weighted by Gasteiger charge is -2.08. The number of carbonyl (C=O) groups excluding carboxylic acids is 1. The van der Waals surface area contributed by atoms with Gasteiger partial charge in [0, 0.05) is 24.0 Å². The molecule has 0 atom stereocenters. The van der Waals surface area contributed by atoms with Gasteiger partial charge in [0.25, 0.3) is 0 Å². The van der Waals surface area contributed by atoms with Crippen molar-refractivity contribution in [1.29, 1.82) is 0 Å². The molecule has 5 heteroatoms. The smallest absolute Gasteiger partial charge is 0.244 e. The quantitative estimate of drug-likeness (QED) is 0.800. The topological polar surface area (TPSA) is 51.9 Å². The molecule has 0 aliphatic rings. The number of fused-ring (bicyclic) bond motifs is 1. The van der Waals surface area contributed by atoms with Gasteiger partial charge < -0.3 is 9.88 Å². The molecule has 21 heavy (non-hydrogen) atoms. The minimum Gasteiger partial charge on any atom is -0.335 e. The van der Waals surface area contributed by atoms with Crippen molar-refractivity contribution in [3.8, 4) is 0 Å². The van der Waals surface area contributed by atoms with E-state index in [1.165, 1.54) is 0 Å². The van der Waals surface area contributed by atoms with Crippen LogP contribution in [0.25, 0.3) is 10.9 Å². The number of aromatic nitrogens is 3. The normalized spacial score (nSPS) is 11.0. The van der Waals surface area contributed by atoms with E-state index in [1.54, 1.807) is 10.9 Å². The zero-order chi connectivity index (χ0) is 14.8. The van der Waals surface area contributed by atoms with Crippen LogP contribution in [0.1, 0.15) is 12.6 Å². The third-order valence-corrected chi connectivity index (χ3v) is 3.56. The van der Waals surface area contributed by atoms with E-state index < -0.39 is 0 Å². The molecule has 0 saturated heterocycles. The third kappa shape index (κ3) is 2.67. The molecule has 2 heterocycles. The Morgan fingerprint density at radius 1 is 1.33 bits per heavy atom. The maximum absolute atomic E-state index is 12.2. The first kappa shape index (κ1) is 13.4. The van der Waals surface area contributed by atoms with Crippen molar-refractivity contribution in [3.05, 3.63) is 48.4 Å². The number of hydrogen-bond acceptors (Lipinski definition) is 2. The summed E-state index contributed by atoms with van der Waals surface area (Å²) in [6, 6.07) is 10.2. The molecule has 0 unspecified atom stereocenters. The Morgan fingerprint density at radius 2 is 2.14 bits per heavy atom. The lowest BCUT2D eigenvalue weighted by atomic mass is 10.2. The van der Waals surface area contributed by atoms with E-state index in [0.717, 1.165) is 28.8 Å². The Labute approximate surface area is 123 Å². The minimum atomic E-state index is -0.0462. The summed E-state index contributed by atoms with van der Waals surface area (Å²) in [6.07, 6.45) is 3.50. The summed E-state index contributed by atoms with van der Waals surface area (Å²) in [5.41, 5.74) is 2.89. The van der Waals surface area contributed by atoms with Gasteiger partial charge in [-0.05, 0) is 31.4 Å². The van der Waals surface area contributed by atoms with E-state index in [-0.39, 0.29) is 5.91 Å². The summed E-state index contributed by atoms with van der Waals surface area (Å²) < 4.78 is 3.81. The van der Waals surface area contributed by atoms with Crippen LogP contribution in [0.5, 0.6) is 0 Å². The molecule has 2 aromatic heterocycles. The van der Waals surface area contributed by atoms with Crippen LogP contribution in [0, 0.1) is 6.92 Å². The van der Waals surface area contributed by atoms with Crippen LogP contribution in [0.4, 0.5) is 5.69 Å². The van der Waals surface area contributed by atoms with E-state index in [0.29, 0.717) is 6.54 Å². The third-order valence-electron chi connectivity index (χ3n) is 3.56. The van der Waals surface area contributed by atoms with E-state index in [2.05, 4.69) is 22.5 Å². The second kappa shape index (κ2) is 5.44. The summed E-state index contributed by atoms with van der Waals surface area (Å²) in [4.78, 5) is 12.2. The fourth-order valence-electron chi connectivity index (χ4n) is 2.50. The second-order valence-corrected chi connectivity index (χ2v) is 5.06. The van der Waals surface area contributed by atoms with Crippen molar-refractivity contribution in [2.75, 3.05) is 5.32 Å². The van der Waals surface area contributed by atoms with E-state index in [4.69, 9.17) is 0 Å². The molecule has 0 fully saturated rings. The van der Waals surface area contributed by atoms with Crippen LogP contribution in [0.3, 0.4) is 0 Å². The number of amides is 1. The van der Waals surface area contributed by atoms with Gasteiger partial charge in [-0.25, -0.2) is 0 Å². The molecule has 5 nitrogen and oxygen atoms in total. The number of carbonyl (C=O) groups is 1. The Kier molecular flexibility index (Phi) is 3.48. The molecule has 0 aliphatic heterocycles. The number of nitrogens with one attached hydrogen (secondary N) is 1. The monoisotopic (exact) mass is 282 g/mol. The first-order valence-electron chi connectivity index (χ1n) is 7.04. The molecular formula is C16H18N4O. The molecule has 0 radical (unpaired) electrons. The predicted octanol–water partition coefficient (Wildman–Crippen LogP) is 2.80. The van der Waals surface area contributed by atoms with Crippen molar-refractivity contribution in [2.45, 2.75) is 26.9 Å². The summed E-state index contributed by atoms with van der Waals surface area (Å²) >= 11 is 0. The Hall–Kier alpha value is -2.56. The largest absolute Gasteiger partial charge is 0.335 e. The van der Waals surface area contributed by atoms with Crippen molar-refractivity contribution in [1.82, 2.24) is 14.3 Å². The average molecular weight is 282 g/mol. The van der Waals surface area contributed by atoms with Crippen molar-refractivity contribution in [3.63, 3.8) is 0 Å². The van der Waals surface area contributed by atoms with E-state index in [9.17, 15) is 4.79 Å². The number of anilines is 1. The van der Waals surface area contributed by atoms with Crippen LogP contribution >= 0.6 is 0 Å². The molecule has 3 aromatic rings. The van der Waals surface area contributed by atoms with Gasteiger partial charge in [0.15, 0.2) is 0 Å². The first-order chi connectivity index (χ1) is 10.2. The van der Waals surface area contributed by atoms with Crippen LogP contribution in [0.15, 0.2) is 42.7 Å². The molecule has 3 rings (SSSR count). The maximum Gasteiger partial charge on any atom is 0.244 e. The van der Waals surface area contributed by atoms with Crippen molar-refractivity contribution < 1.29 is 4.79 Å². The van der Waals surface area contributed by atoms with Crippen molar-refractivity contribution >= 4 is 22.5 Å². The number of benzene rings is 1. The summed E-state index contributed by atoms with van der Waals surface area (Å²) in [6.45, 7) is 5.12. The Morgan fingerprint density at radius 3 is 2.90 bits per heavy atom. The van der Waals surface area contributed by atoms with E-state index >= 15 is 0 Å². The molecule has 108 valence electrons.